The molecular formula is C18H25N3O5S2. The molecule has 10 heteroatoms. The summed E-state index contributed by atoms with van der Waals surface area (Å²) in [5, 5.41) is 4.66. The van der Waals surface area contributed by atoms with Gasteiger partial charge in [-0.05, 0) is 17.5 Å². The second-order valence-corrected chi connectivity index (χ2v) is 9.00. The number of hydrogen-bond acceptors (Lipinski definition) is 6. The first kappa shape index (κ1) is 22.1. The van der Waals surface area contributed by atoms with Crippen LogP contribution in [0.2, 0.25) is 0 Å². The van der Waals surface area contributed by atoms with Crippen molar-refractivity contribution in [1.29, 1.82) is 0 Å². The van der Waals surface area contributed by atoms with Gasteiger partial charge in [-0.15, -0.1) is 11.3 Å². The Kier molecular flexibility index (Phi) is 7.39. The van der Waals surface area contributed by atoms with Crippen LogP contribution in [-0.4, -0.2) is 49.4 Å². The first-order valence-corrected chi connectivity index (χ1v) is 11.1. The molecule has 0 aromatic carbocycles. The third kappa shape index (κ3) is 4.81. The number of sulfonamides is 1. The highest BCUT2D eigenvalue weighted by Gasteiger charge is 2.27. The Bertz CT molecular complexity index is 915. The maximum atomic E-state index is 12.8. The summed E-state index contributed by atoms with van der Waals surface area (Å²) in [6, 6.07) is 4.44. The highest BCUT2D eigenvalue weighted by molar-refractivity contribution is 7.89. The van der Waals surface area contributed by atoms with Crippen LogP contribution in [0.15, 0.2) is 34.7 Å². The smallest absolute Gasteiger partial charge is 0.307 e. The maximum absolute atomic E-state index is 12.8. The zero-order chi connectivity index (χ0) is 20.9. The molecule has 0 fully saturated rings. The van der Waals surface area contributed by atoms with Gasteiger partial charge >= 0.3 is 5.97 Å². The number of rotatable bonds is 9. The van der Waals surface area contributed by atoms with E-state index in [1.54, 1.807) is 20.9 Å². The summed E-state index contributed by atoms with van der Waals surface area (Å²) < 4.78 is 32.9. The molecule has 0 aliphatic carbocycles. The van der Waals surface area contributed by atoms with E-state index in [0.29, 0.717) is 13.1 Å². The van der Waals surface area contributed by atoms with Crippen molar-refractivity contribution >= 4 is 33.2 Å². The number of nitrogens with one attached hydrogen (secondary N) is 1. The van der Waals surface area contributed by atoms with Gasteiger partial charge < -0.3 is 14.6 Å². The van der Waals surface area contributed by atoms with Crippen LogP contribution >= 0.6 is 11.3 Å². The predicted molar refractivity (Wildman–Crippen MR) is 107 cm³/mol. The van der Waals surface area contributed by atoms with Crippen molar-refractivity contribution < 1.29 is 22.7 Å². The van der Waals surface area contributed by atoms with Crippen LogP contribution in [0.1, 0.15) is 41.7 Å². The molecule has 2 aromatic rings. The molecule has 1 N–H and O–H groups in total. The first-order chi connectivity index (χ1) is 13.2. The topological polar surface area (TPSA) is 97.7 Å². The van der Waals surface area contributed by atoms with E-state index in [1.807, 2.05) is 17.5 Å². The van der Waals surface area contributed by atoms with Crippen molar-refractivity contribution in [3.63, 3.8) is 0 Å². The highest BCUT2D eigenvalue weighted by Crippen LogP contribution is 2.24. The van der Waals surface area contributed by atoms with Gasteiger partial charge in [0.2, 0.25) is 10.0 Å². The number of esters is 1. The second-order valence-electron chi connectivity index (χ2n) is 6.08. The lowest BCUT2D eigenvalue weighted by Gasteiger charge is -2.17. The van der Waals surface area contributed by atoms with E-state index >= 15 is 0 Å². The highest BCUT2D eigenvalue weighted by atomic mass is 32.2. The summed E-state index contributed by atoms with van der Waals surface area (Å²) in [5.41, 5.74) is 0.192. The quantitative estimate of drug-likeness (QED) is 0.619. The maximum Gasteiger partial charge on any atom is 0.307 e. The van der Waals surface area contributed by atoms with Gasteiger partial charge in [-0.3, -0.25) is 9.59 Å². The molecule has 8 nitrogen and oxygen atoms in total. The lowest BCUT2D eigenvalue weighted by atomic mass is 10.1. The molecule has 1 atom stereocenters. The Labute approximate surface area is 169 Å². The number of aromatic nitrogens is 1. The van der Waals surface area contributed by atoms with E-state index < -0.39 is 27.9 Å². The number of nitrogens with zero attached hydrogens (tertiary/aromatic N) is 2. The molecule has 2 heterocycles. The molecule has 0 saturated heterocycles. The number of hydrogen-bond donors (Lipinski definition) is 1. The third-order valence-electron chi connectivity index (χ3n) is 4.35. The summed E-state index contributed by atoms with van der Waals surface area (Å²) in [7, 11) is -0.774. The molecule has 0 aliphatic rings. The lowest BCUT2D eigenvalue weighted by Crippen LogP contribution is -2.31. The lowest BCUT2D eigenvalue weighted by molar-refractivity contribution is -0.141. The number of aryl methyl sites for hydroxylation is 1. The minimum Gasteiger partial charge on any atom is -0.469 e. The Morgan fingerprint density at radius 3 is 2.54 bits per heavy atom. The van der Waals surface area contributed by atoms with E-state index in [9.17, 15) is 18.0 Å². The molecule has 1 amide bonds. The number of carbonyl (C=O) groups is 2. The van der Waals surface area contributed by atoms with Gasteiger partial charge in [0, 0.05) is 31.2 Å². The Morgan fingerprint density at radius 2 is 2.00 bits per heavy atom. The van der Waals surface area contributed by atoms with E-state index in [0.717, 1.165) is 4.88 Å². The van der Waals surface area contributed by atoms with Crippen molar-refractivity contribution in [2.75, 3.05) is 20.2 Å². The van der Waals surface area contributed by atoms with Crippen molar-refractivity contribution in [3.05, 3.63) is 40.3 Å². The molecule has 0 bridgehead atoms. The molecule has 0 radical (unpaired) electrons. The number of methoxy groups -OCH3 is 1. The molecule has 0 saturated carbocycles. The summed E-state index contributed by atoms with van der Waals surface area (Å²) in [6.45, 7) is 4.20. The van der Waals surface area contributed by atoms with Crippen molar-refractivity contribution in [2.45, 2.75) is 31.2 Å². The van der Waals surface area contributed by atoms with Gasteiger partial charge in [-0.25, -0.2) is 8.42 Å². The van der Waals surface area contributed by atoms with Crippen molar-refractivity contribution in [3.8, 4) is 0 Å². The zero-order valence-electron chi connectivity index (χ0n) is 16.3. The van der Waals surface area contributed by atoms with Crippen LogP contribution in [0.4, 0.5) is 0 Å². The zero-order valence-corrected chi connectivity index (χ0v) is 18.0. The van der Waals surface area contributed by atoms with Crippen LogP contribution in [0.3, 0.4) is 0 Å². The number of carbonyl (C=O) groups excluding carboxylic acids is 2. The molecule has 2 aromatic heterocycles. The van der Waals surface area contributed by atoms with Gasteiger partial charge in [0.1, 0.15) is 10.6 Å². The van der Waals surface area contributed by atoms with Crippen LogP contribution in [0.5, 0.6) is 0 Å². The monoisotopic (exact) mass is 427 g/mol. The minimum atomic E-state index is -3.67. The van der Waals surface area contributed by atoms with Gasteiger partial charge in [0.15, 0.2) is 0 Å². The predicted octanol–water partition coefficient (Wildman–Crippen LogP) is 2.15. The molecular weight excluding hydrogens is 402 g/mol. The number of thiophene rings is 1. The van der Waals surface area contributed by atoms with Crippen LogP contribution in [0, 0.1) is 0 Å². The summed E-state index contributed by atoms with van der Waals surface area (Å²) in [6.07, 6.45) is 1.40. The fraction of sp³-hybridized carbons (Fsp3) is 0.444. The summed E-state index contributed by atoms with van der Waals surface area (Å²) in [5.74, 6) is -0.916. The van der Waals surface area contributed by atoms with Gasteiger partial charge in [-0.1, -0.05) is 19.9 Å². The van der Waals surface area contributed by atoms with E-state index in [-0.39, 0.29) is 17.0 Å². The van der Waals surface area contributed by atoms with E-state index in [1.165, 1.54) is 39.6 Å². The third-order valence-corrected chi connectivity index (χ3v) is 7.35. The van der Waals surface area contributed by atoms with Gasteiger partial charge in [-0.2, -0.15) is 4.31 Å². The van der Waals surface area contributed by atoms with E-state index in [2.05, 4.69) is 5.32 Å². The fourth-order valence-electron chi connectivity index (χ4n) is 2.81. The molecule has 0 spiro atoms. The Morgan fingerprint density at radius 1 is 1.32 bits per heavy atom. The molecule has 0 aliphatic heterocycles. The molecule has 154 valence electrons. The average Bonchev–Trinajstić information content (AvgIpc) is 3.31. The van der Waals surface area contributed by atoms with Gasteiger partial charge in [0.05, 0.1) is 19.6 Å². The summed E-state index contributed by atoms with van der Waals surface area (Å²) >= 11 is 1.41. The number of amides is 1. The van der Waals surface area contributed by atoms with Gasteiger partial charge in [0.25, 0.3) is 5.91 Å². The standard InChI is InChI=1S/C18H25N3O5S2/c1-5-21(6-2)28(24,25)13-10-15(20(3)12-13)18(23)19-14(11-17(22)26-4)16-8-7-9-27-16/h7-10,12,14H,5-6,11H2,1-4H3,(H,19,23). The largest absolute Gasteiger partial charge is 0.469 e. The van der Waals surface area contributed by atoms with Crippen LogP contribution in [0.25, 0.3) is 0 Å². The Hall–Kier alpha value is -2.17. The summed E-state index contributed by atoms with van der Waals surface area (Å²) in [4.78, 5) is 25.4. The minimum absolute atomic E-state index is 0.0161. The van der Waals surface area contributed by atoms with Crippen molar-refractivity contribution in [1.82, 2.24) is 14.2 Å². The van der Waals surface area contributed by atoms with Crippen molar-refractivity contribution in [2.24, 2.45) is 7.05 Å². The normalized spacial score (nSPS) is 12.8. The molecule has 1 unspecified atom stereocenters. The van der Waals surface area contributed by atoms with E-state index in [4.69, 9.17) is 4.74 Å². The molecule has 28 heavy (non-hydrogen) atoms. The second kappa shape index (κ2) is 9.35. The molecule has 2 rings (SSSR count). The fourth-order valence-corrected chi connectivity index (χ4v) is 5.12. The first-order valence-electron chi connectivity index (χ1n) is 8.82. The van der Waals surface area contributed by atoms with Crippen LogP contribution in [-0.2, 0) is 26.6 Å². The average molecular weight is 428 g/mol. The SMILES string of the molecule is CCN(CC)S(=O)(=O)c1cc(C(=O)NC(CC(=O)OC)c2cccs2)n(C)c1. The number of ether oxygens (including phenoxy) is 1. The van der Waals surface area contributed by atoms with Crippen LogP contribution < -0.4 is 5.32 Å². The Balaban J connectivity index is 2.28.